The third kappa shape index (κ3) is 3.90. The number of hydrogen-bond acceptors (Lipinski definition) is 3. The van der Waals surface area contributed by atoms with E-state index in [9.17, 15) is 22.8 Å². The van der Waals surface area contributed by atoms with Gasteiger partial charge in [0, 0.05) is 11.3 Å². The fourth-order valence-corrected chi connectivity index (χ4v) is 2.42. The molecule has 25 heavy (non-hydrogen) atoms. The Bertz CT molecular complexity index is 776. The molecule has 2 amide bonds. The average molecular weight is 350 g/mol. The SMILES string of the molecule is O=C(NC1CN(c2ccccc2)C1=O)c1ccc(OC(F)(F)F)cc1. The van der Waals surface area contributed by atoms with E-state index >= 15 is 0 Å². The second-order valence-electron chi connectivity index (χ2n) is 5.38. The minimum atomic E-state index is -4.79. The Morgan fingerprint density at radius 1 is 1.08 bits per heavy atom. The Morgan fingerprint density at radius 3 is 2.28 bits per heavy atom. The number of anilines is 1. The molecular weight excluding hydrogens is 337 g/mol. The van der Waals surface area contributed by atoms with E-state index in [1.165, 1.54) is 17.0 Å². The van der Waals surface area contributed by atoms with Crippen molar-refractivity contribution in [3.05, 3.63) is 60.2 Å². The first-order chi connectivity index (χ1) is 11.8. The van der Waals surface area contributed by atoms with E-state index in [1.807, 2.05) is 6.07 Å². The summed E-state index contributed by atoms with van der Waals surface area (Å²) in [4.78, 5) is 25.7. The van der Waals surface area contributed by atoms with Crippen LogP contribution in [0.4, 0.5) is 18.9 Å². The fourth-order valence-electron chi connectivity index (χ4n) is 2.42. The lowest BCUT2D eigenvalue weighted by molar-refractivity contribution is -0.274. The number of para-hydroxylation sites is 1. The topological polar surface area (TPSA) is 58.6 Å². The second kappa shape index (κ2) is 6.46. The predicted molar refractivity (Wildman–Crippen MR) is 83.2 cm³/mol. The minimum absolute atomic E-state index is 0.139. The van der Waals surface area contributed by atoms with Crippen LogP contribution in [0.5, 0.6) is 5.75 Å². The highest BCUT2D eigenvalue weighted by atomic mass is 19.4. The molecule has 2 aromatic rings. The Hall–Kier alpha value is -3.03. The molecule has 1 aliphatic heterocycles. The lowest BCUT2D eigenvalue weighted by atomic mass is 10.1. The van der Waals surface area contributed by atoms with Crippen LogP contribution in [-0.2, 0) is 4.79 Å². The molecule has 0 spiro atoms. The third-order valence-electron chi connectivity index (χ3n) is 3.65. The van der Waals surface area contributed by atoms with Crippen molar-refractivity contribution in [1.82, 2.24) is 5.32 Å². The molecule has 1 atom stereocenters. The predicted octanol–water partition coefficient (Wildman–Crippen LogP) is 2.73. The zero-order valence-electron chi connectivity index (χ0n) is 12.8. The molecule has 0 bridgehead atoms. The quantitative estimate of drug-likeness (QED) is 0.863. The van der Waals surface area contributed by atoms with Crippen molar-refractivity contribution >= 4 is 17.5 Å². The van der Waals surface area contributed by atoms with Crippen molar-refractivity contribution in [2.24, 2.45) is 0 Å². The molecule has 1 saturated heterocycles. The van der Waals surface area contributed by atoms with Crippen molar-refractivity contribution in [2.75, 3.05) is 11.4 Å². The molecule has 3 rings (SSSR count). The van der Waals surface area contributed by atoms with Gasteiger partial charge in [-0.1, -0.05) is 18.2 Å². The summed E-state index contributed by atoms with van der Waals surface area (Å²) in [5.74, 6) is -1.19. The zero-order chi connectivity index (χ0) is 18.0. The Kier molecular flexibility index (Phi) is 4.35. The molecule has 2 aromatic carbocycles. The average Bonchev–Trinajstić information content (AvgIpc) is 2.57. The molecule has 1 unspecified atom stereocenters. The first kappa shape index (κ1) is 16.8. The van der Waals surface area contributed by atoms with Gasteiger partial charge in [-0.25, -0.2) is 0 Å². The van der Waals surface area contributed by atoms with Crippen LogP contribution in [0, 0.1) is 0 Å². The fraction of sp³-hybridized carbons (Fsp3) is 0.176. The highest BCUT2D eigenvalue weighted by Crippen LogP contribution is 2.24. The van der Waals surface area contributed by atoms with Crippen LogP contribution < -0.4 is 15.0 Å². The molecule has 0 aromatic heterocycles. The molecule has 0 radical (unpaired) electrons. The van der Waals surface area contributed by atoms with Gasteiger partial charge in [-0.3, -0.25) is 9.59 Å². The molecule has 8 heteroatoms. The molecule has 0 saturated carbocycles. The molecule has 5 nitrogen and oxygen atoms in total. The number of hydrogen-bond donors (Lipinski definition) is 1. The smallest absolute Gasteiger partial charge is 0.406 e. The van der Waals surface area contributed by atoms with E-state index in [2.05, 4.69) is 10.1 Å². The summed E-state index contributed by atoms with van der Waals surface area (Å²) >= 11 is 0. The van der Waals surface area contributed by atoms with Crippen LogP contribution >= 0.6 is 0 Å². The summed E-state index contributed by atoms with van der Waals surface area (Å²) in [6.07, 6.45) is -4.79. The Morgan fingerprint density at radius 2 is 1.72 bits per heavy atom. The highest BCUT2D eigenvalue weighted by molar-refractivity contribution is 6.07. The monoisotopic (exact) mass is 350 g/mol. The molecule has 1 heterocycles. The number of carbonyl (C=O) groups excluding carboxylic acids is 2. The van der Waals surface area contributed by atoms with Gasteiger partial charge < -0.3 is 15.0 Å². The summed E-state index contributed by atoms with van der Waals surface area (Å²) in [6, 6.07) is 12.9. The van der Waals surface area contributed by atoms with Crippen molar-refractivity contribution in [2.45, 2.75) is 12.4 Å². The van der Waals surface area contributed by atoms with E-state index < -0.39 is 24.1 Å². The van der Waals surface area contributed by atoms with E-state index in [0.717, 1.165) is 17.8 Å². The van der Waals surface area contributed by atoms with Crippen LogP contribution in [0.1, 0.15) is 10.4 Å². The minimum Gasteiger partial charge on any atom is -0.406 e. The third-order valence-corrected chi connectivity index (χ3v) is 3.65. The van der Waals surface area contributed by atoms with Crippen LogP contribution in [0.2, 0.25) is 0 Å². The van der Waals surface area contributed by atoms with Gasteiger partial charge in [0.25, 0.3) is 11.8 Å². The zero-order valence-corrected chi connectivity index (χ0v) is 12.8. The Labute approximate surface area is 141 Å². The number of nitrogens with one attached hydrogen (secondary N) is 1. The van der Waals surface area contributed by atoms with Crippen LogP contribution in [-0.4, -0.2) is 30.8 Å². The van der Waals surface area contributed by atoms with E-state index in [-0.39, 0.29) is 11.5 Å². The van der Waals surface area contributed by atoms with Crippen molar-refractivity contribution in [3.63, 3.8) is 0 Å². The highest BCUT2D eigenvalue weighted by Gasteiger charge is 2.38. The lowest BCUT2D eigenvalue weighted by Crippen LogP contribution is -2.64. The molecule has 0 aliphatic carbocycles. The van der Waals surface area contributed by atoms with Crippen LogP contribution in [0.25, 0.3) is 0 Å². The van der Waals surface area contributed by atoms with Gasteiger partial charge in [0.1, 0.15) is 11.8 Å². The van der Waals surface area contributed by atoms with Crippen molar-refractivity contribution in [3.8, 4) is 5.75 Å². The summed E-state index contributed by atoms with van der Waals surface area (Å²) in [5, 5.41) is 2.56. The van der Waals surface area contributed by atoms with Crippen molar-refractivity contribution < 1.29 is 27.5 Å². The molecular formula is C17H13F3N2O3. The van der Waals surface area contributed by atoms with Gasteiger partial charge in [-0.2, -0.15) is 0 Å². The van der Waals surface area contributed by atoms with Gasteiger partial charge in [-0.05, 0) is 36.4 Å². The van der Waals surface area contributed by atoms with Gasteiger partial charge in [0.05, 0.1) is 6.54 Å². The Balaban J connectivity index is 1.57. The largest absolute Gasteiger partial charge is 0.573 e. The number of amides is 2. The number of nitrogens with zero attached hydrogens (tertiary/aromatic N) is 1. The normalized spacial score (nSPS) is 17.0. The first-order valence-corrected chi connectivity index (χ1v) is 7.36. The van der Waals surface area contributed by atoms with E-state index in [0.29, 0.717) is 6.54 Å². The second-order valence-corrected chi connectivity index (χ2v) is 5.38. The number of halogens is 3. The summed E-state index contributed by atoms with van der Waals surface area (Å²) < 4.78 is 40.0. The first-order valence-electron chi connectivity index (χ1n) is 7.36. The molecule has 1 aliphatic rings. The van der Waals surface area contributed by atoms with Gasteiger partial charge in [-0.15, -0.1) is 13.2 Å². The van der Waals surface area contributed by atoms with Gasteiger partial charge >= 0.3 is 6.36 Å². The molecule has 1 N–H and O–H groups in total. The van der Waals surface area contributed by atoms with Gasteiger partial charge in [0.15, 0.2) is 0 Å². The maximum Gasteiger partial charge on any atom is 0.573 e. The molecule has 1 fully saturated rings. The number of benzene rings is 2. The number of alkyl halides is 3. The number of carbonyl (C=O) groups is 2. The standard InChI is InChI=1S/C17H13F3N2O3/c18-17(19,20)25-13-8-6-11(7-9-13)15(23)21-14-10-22(16(14)24)12-4-2-1-3-5-12/h1-9,14H,10H2,(H,21,23). The lowest BCUT2D eigenvalue weighted by Gasteiger charge is -2.38. The summed E-state index contributed by atoms with van der Waals surface area (Å²) in [7, 11) is 0. The molecule has 130 valence electrons. The maximum atomic E-state index is 12.1. The summed E-state index contributed by atoms with van der Waals surface area (Å²) in [6.45, 7) is 0.337. The summed E-state index contributed by atoms with van der Waals surface area (Å²) in [5.41, 5.74) is 0.882. The van der Waals surface area contributed by atoms with Gasteiger partial charge in [0.2, 0.25) is 0 Å². The number of β-lactam (4-membered cyclic amide) rings is 1. The van der Waals surface area contributed by atoms with Crippen LogP contribution in [0.3, 0.4) is 0 Å². The van der Waals surface area contributed by atoms with E-state index in [1.54, 1.807) is 24.3 Å². The number of ether oxygens (including phenoxy) is 1. The van der Waals surface area contributed by atoms with Crippen LogP contribution in [0.15, 0.2) is 54.6 Å². The van der Waals surface area contributed by atoms with E-state index in [4.69, 9.17) is 0 Å². The van der Waals surface area contributed by atoms with Crippen molar-refractivity contribution in [1.29, 1.82) is 0 Å². The number of rotatable bonds is 4. The maximum absolute atomic E-state index is 12.1.